The van der Waals surface area contributed by atoms with Gasteiger partial charge in [-0.05, 0) is 37.4 Å². The number of fused-ring (bicyclic) bond motifs is 4. The van der Waals surface area contributed by atoms with Crippen LogP contribution in [0, 0.1) is 5.92 Å². The molecule has 5 atom stereocenters. The zero-order chi connectivity index (χ0) is 19.3. The van der Waals surface area contributed by atoms with Crippen molar-refractivity contribution >= 4 is 14.4 Å². The fourth-order valence-electron chi connectivity index (χ4n) is 4.82. The number of nitrogens with zero attached hydrogens (tertiary/aromatic N) is 1. The van der Waals surface area contributed by atoms with Gasteiger partial charge >= 0.3 is 6.09 Å². The van der Waals surface area contributed by atoms with Crippen molar-refractivity contribution in [3.8, 4) is 0 Å². The molecule has 3 aliphatic heterocycles. The molecule has 0 radical (unpaired) electrons. The first-order valence-corrected chi connectivity index (χ1v) is 13.2. The van der Waals surface area contributed by atoms with Crippen LogP contribution in [0.5, 0.6) is 0 Å². The van der Waals surface area contributed by atoms with E-state index >= 15 is 0 Å². The van der Waals surface area contributed by atoms with E-state index in [-0.39, 0.29) is 40.8 Å². The van der Waals surface area contributed by atoms with Gasteiger partial charge in [-0.25, -0.2) is 4.79 Å². The highest BCUT2D eigenvalue weighted by molar-refractivity contribution is 6.74. The third-order valence-electron chi connectivity index (χ3n) is 7.48. The maximum atomic E-state index is 12.7. The van der Waals surface area contributed by atoms with Gasteiger partial charge in [0.25, 0.3) is 0 Å². The molecule has 1 amide bonds. The largest absolute Gasteiger partial charge is 0.453 e. The molecule has 0 aromatic heterocycles. The SMILES string of the molecule is CCCC[C@@]12CC[C@@H]([C@@H]3O[C@@H]3[C@@H]1CO[Si](C)(C)C(C)(C)C)N2C(=O)OC. The molecule has 5 nitrogen and oxygen atoms in total. The van der Waals surface area contributed by atoms with Crippen LogP contribution in [0.25, 0.3) is 0 Å². The highest BCUT2D eigenvalue weighted by Crippen LogP contribution is 2.58. The molecule has 3 heterocycles. The van der Waals surface area contributed by atoms with Crippen molar-refractivity contribution in [2.75, 3.05) is 13.7 Å². The van der Waals surface area contributed by atoms with Crippen molar-refractivity contribution in [3.05, 3.63) is 0 Å². The molecule has 3 saturated heterocycles. The Labute approximate surface area is 159 Å². The Hall–Kier alpha value is -0.593. The molecule has 150 valence electrons. The van der Waals surface area contributed by atoms with Gasteiger partial charge in [0.2, 0.25) is 0 Å². The third kappa shape index (κ3) is 3.12. The van der Waals surface area contributed by atoms with Crippen LogP contribution in [0.15, 0.2) is 0 Å². The molecular weight excluding hydrogens is 346 g/mol. The number of methoxy groups -OCH3 is 1. The molecule has 0 aromatic rings. The summed E-state index contributed by atoms with van der Waals surface area (Å²) in [6.07, 6.45) is 5.60. The zero-order valence-corrected chi connectivity index (χ0v) is 18.6. The topological polar surface area (TPSA) is 51.3 Å². The summed E-state index contributed by atoms with van der Waals surface area (Å²) in [6.45, 7) is 14.3. The molecule has 3 fully saturated rings. The van der Waals surface area contributed by atoms with Gasteiger partial charge in [-0.15, -0.1) is 0 Å². The lowest BCUT2D eigenvalue weighted by Gasteiger charge is -2.48. The number of ether oxygens (including phenoxy) is 2. The summed E-state index contributed by atoms with van der Waals surface area (Å²) < 4.78 is 17.9. The lowest BCUT2D eigenvalue weighted by atomic mass is 9.74. The second kappa shape index (κ2) is 6.78. The summed E-state index contributed by atoms with van der Waals surface area (Å²) in [6, 6.07) is 0.188. The van der Waals surface area contributed by atoms with E-state index in [0.717, 1.165) is 32.1 Å². The third-order valence-corrected chi connectivity index (χ3v) is 12.0. The van der Waals surface area contributed by atoms with E-state index in [4.69, 9.17) is 13.9 Å². The molecule has 0 unspecified atom stereocenters. The summed E-state index contributed by atoms with van der Waals surface area (Å²) >= 11 is 0. The lowest BCUT2D eigenvalue weighted by molar-refractivity contribution is -0.00571. The number of rotatable bonds is 6. The molecular formula is C20H37NO4Si. The minimum absolute atomic E-state index is 0.159. The van der Waals surface area contributed by atoms with Gasteiger partial charge < -0.3 is 13.9 Å². The number of piperidine rings is 1. The van der Waals surface area contributed by atoms with Crippen LogP contribution >= 0.6 is 0 Å². The van der Waals surface area contributed by atoms with Gasteiger partial charge in [-0.2, -0.15) is 0 Å². The van der Waals surface area contributed by atoms with E-state index < -0.39 is 8.32 Å². The van der Waals surface area contributed by atoms with Gasteiger partial charge in [0.15, 0.2) is 8.32 Å². The molecule has 3 rings (SSSR count). The molecule has 0 saturated carbocycles. The highest BCUT2D eigenvalue weighted by Gasteiger charge is 2.70. The first-order chi connectivity index (χ1) is 12.1. The number of amides is 1. The van der Waals surface area contributed by atoms with Crippen LogP contribution in [0.4, 0.5) is 4.79 Å². The maximum Gasteiger partial charge on any atom is 0.410 e. The normalized spacial score (nSPS) is 36.0. The maximum absolute atomic E-state index is 12.7. The van der Waals surface area contributed by atoms with Crippen molar-refractivity contribution in [3.63, 3.8) is 0 Å². The lowest BCUT2D eigenvalue weighted by Crippen LogP contribution is -2.62. The molecule has 6 heteroatoms. The van der Waals surface area contributed by atoms with E-state index in [9.17, 15) is 4.79 Å². The highest BCUT2D eigenvalue weighted by atomic mass is 28.4. The minimum atomic E-state index is -1.84. The minimum Gasteiger partial charge on any atom is -0.453 e. The smallest absolute Gasteiger partial charge is 0.410 e. The Balaban J connectivity index is 1.86. The van der Waals surface area contributed by atoms with Crippen molar-refractivity contribution in [2.45, 2.75) is 102 Å². The summed E-state index contributed by atoms with van der Waals surface area (Å²) in [5, 5.41) is 0.183. The van der Waals surface area contributed by atoms with Gasteiger partial charge in [-0.3, -0.25) is 4.90 Å². The van der Waals surface area contributed by atoms with Crippen LogP contribution in [0.1, 0.15) is 59.8 Å². The van der Waals surface area contributed by atoms with Crippen molar-refractivity contribution in [2.24, 2.45) is 5.92 Å². The first-order valence-electron chi connectivity index (χ1n) is 10.3. The number of carbonyl (C=O) groups excluding carboxylic acids is 1. The second-order valence-electron chi connectivity index (χ2n) is 9.90. The standard InChI is InChI=1S/C20H37NO4Si/c1-8-9-11-20-12-10-15(21(20)18(22)23-5)17-16(25-17)14(20)13-24-26(6,7)19(2,3)4/h14-17H,8-13H2,1-7H3/t14-,15-,16+,17-,20+/m0/s1. The van der Waals surface area contributed by atoms with Crippen LogP contribution in [-0.4, -0.2) is 56.8 Å². The van der Waals surface area contributed by atoms with Gasteiger partial charge in [-0.1, -0.05) is 40.5 Å². The van der Waals surface area contributed by atoms with Crippen molar-refractivity contribution < 1.29 is 18.7 Å². The van der Waals surface area contributed by atoms with E-state index in [1.54, 1.807) is 0 Å². The Morgan fingerprint density at radius 1 is 1.31 bits per heavy atom. The van der Waals surface area contributed by atoms with Crippen LogP contribution in [0.3, 0.4) is 0 Å². The molecule has 2 bridgehead atoms. The van der Waals surface area contributed by atoms with E-state index in [0.29, 0.717) is 6.61 Å². The fraction of sp³-hybridized carbons (Fsp3) is 0.950. The Morgan fingerprint density at radius 3 is 2.58 bits per heavy atom. The van der Waals surface area contributed by atoms with E-state index in [2.05, 4.69) is 45.7 Å². The average Bonchev–Trinajstić information content (AvgIpc) is 3.27. The molecule has 0 N–H and O–H groups in total. The fourth-order valence-corrected chi connectivity index (χ4v) is 5.85. The number of hydrogen-bond donors (Lipinski definition) is 0. The second-order valence-corrected chi connectivity index (χ2v) is 14.7. The predicted molar refractivity (Wildman–Crippen MR) is 105 cm³/mol. The average molecular weight is 384 g/mol. The summed E-state index contributed by atoms with van der Waals surface area (Å²) in [4.78, 5) is 14.7. The van der Waals surface area contributed by atoms with E-state index in [1.807, 2.05) is 0 Å². The quantitative estimate of drug-likeness (QED) is 0.498. The summed E-state index contributed by atoms with van der Waals surface area (Å²) in [5.41, 5.74) is -0.159. The number of epoxide rings is 1. The Kier molecular flexibility index (Phi) is 5.26. The van der Waals surface area contributed by atoms with Gasteiger partial charge in [0.05, 0.1) is 24.8 Å². The van der Waals surface area contributed by atoms with Gasteiger partial charge in [0, 0.05) is 12.5 Å². The van der Waals surface area contributed by atoms with Gasteiger partial charge in [0.1, 0.15) is 6.10 Å². The van der Waals surface area contributed by atoms with Crippen LogP contribution < -0.4 is 0 Å². The molecule has 26 heavy (non-hydrogen) atoms. The summed E-state index contributed by atoms with van der Waals surface area (Å²) in [7, 11) is -0.344. The zero-order valence-electron chi connectivity index (χ0n) is 17.6. The van der Waals surface area contributed by atoms with Crippen LogP contribution in [0.2, 0.25) is 18.1 Å². The first kappa shape index (κ1) is 20.1. The molecule has 0 aromatic carbocycles. The molecule has 0 spiro atoms. The number of carbonyl (C=O) groups is 1. The van der Waals surface area contributed by atoms with Crippen molar-refractivity contribution in [1.29, 1.82) is 0 Å². The number of hydrogen-bond acceptors (Lipinski definition) is 4. The summed E-state index contributed by atoms with van der Waals surface area (Å²) in [5.74, 6) is 0.256. The number of unbranched alkanes of at least 4 members (excludes halogenated alkanes) is 1. The Bertz CT molecular complexity index is 546. The predicted octanol–water partition coefficient (Wildman–Crippen LogP) is 4.57. The van der Waals surface area contributed by atoms with Crippen LogP contribution in [-0.2, 0) is 13.9 Å². The monoisotopic (exact) mass is 383 g/mol. The van der Waals surface area contributed by atoms with E-state index in [1.165, 1.54) is 7.11 Å². The Morgan fingerprint density at radius 2 is 2.00 bits per heavy atom. The van der Waals surface area contributed by atoms with Crippen molar-refractivity contribution in [1.82, 2.24) is 4.90 Å². The molecule has 3 aliphatic rings. The molecule has 0 aliphatic carbocycles.